The highest BCUT2D eigenvalue weighted by molar-refractivity contribution is 7.17. The molecule has 0 spiro atoms. The number of halogens is 1. The van der Waals surface area contributed by atoms with Crippen molar-refractivity contribution in [3.63, 3.8) is 0 Å². The number of rotatable bonds is 3. The van der Waals surface area contributed by atoms with E-state index in [1.165, 1.54) is 28.4 Å². The van der Waals surface area contributed by atoms with E-state index in [-0.39, 0.29) is 29.5 Å². The molecule has 126 valence electrons. The summed E-state index contributed by atoms with van der Waals surface area (Å²) in [6, 6.07) is 7.89. The summed E-state index contributed by atoms with van der Waals surface area (Å²) in [4.78, 5) is 36.0. The van der Waals surface area contributed by atoms with Crippen LogP contribution in [0.4, 0.5) is 4.39 Å². The van der Waals surface area contributed by atoms with E-state index >= 15 is 0 Å². The fourth-order valence-electron chi connectivity index (χ4n) is 2.73. The number of carbonyl (C=O) groups is 1. The van der Waals surface area contributed by atoms with Crippen LogP contribution < -0.4 is 5.56 Å². The topological polar surface area (TPSA) is 81.8 Å². The summed E-state index contributed by atoms with van der Waals surface area (Å²) in [5, 5.41) is 2.16. The Morgan fingerprint density at radius 1 is 1.32 bits per heavy atom. The highest BCUT2D eigenvalue weighted by Gasteiger charge is 2.17. The van der Waals surface area contributed by atoms with Crippen LogP contribution in [0.2, 0.25) is 0 Å². The average molecular weight is 356 g/mol. The van der Waals surface area contributed by atoms with E-state index in [2.05, 4.69) is 15.0 Å². The number of aromatic amines is 2. The van der Waals surface area contributed by atoms with Crippen molar-refractivity contribution in [3.05, 3.63) is 63.4 Å². The van der Waals surface area contributed by atoms with E-state index in [4.69, 9.17) is 0 Å². The quantitative estimate of drug-likeness (QED) is 0.592. The molecule has 0 aliphatic rings. The summed E-state index contributed by atoms with van der Waals surface area (Å²) in [7, 11) is 1.60. The second kappa shape index (κ2) is 5.82. The SMILES string of the molecule is CN(Cc1nc2ccsc2c(=O)[nH]1)C(=O)c1cc2c(F)cccc2[nH]1. The molecule has 3 heterocycles. The van der Waals surface area contributed by atoms with Crippen molar-refractivity contribution >= 4 is 38.4 Å². The third-order valence-corrected chi connectivity index (χ3v) is 4.84. The number of nitrogens with one attached hydrogen (secondary N) is 2. The van der Waals surface area contributed by atoms with E-state index < -0.39 is 0 Å². The molecule has 0 aliphatic heterocycles. The first-order valence-corrected chi connectivity index (χ1v) is 8.40. The highest BCUT2D eigenvalue weighted by Crippen LogP contribution is 2.20. The van der Waals surface area contributed by atoms with Crippen molar-refractivity contribution < 1.29 is 9.18 Å². The van der Waals surface area contributed by atoms with Gasteiger partial charge in [-0.15, -0.1) is 11.3 Å². The zero-order valence-electron chi connectivity index (χ0n) is 13.2. The molecule has 0 saturated carbocycles. The summed E-state index contributed by atoms with van der Waals surface area (Å²) in [6.07, 6.45) is 0. The zero-order valence-corrected chi connectivity index (χ0v) is 14.0. The minimum absolute atomic E-state index is 0.137. The van der Waals surface area contributed by atoms with E-state index in [1.54, 1.807) is 30.6 Å². The smallest absolute Gasteiger partial charge is 0.270 e. The minimum Gasteiger partial charge on any atom is -0.350 e. The summed E-state index contributed by atoms with van der Waals surface area (Å²) in [5.74, 6) is -0.304. The van der Waals surface area contributed by atoms with Crippen LogP contribution in [0, 0.1) is 5.82 Å². The normalized spacial score (nSPS) is 11.3. The van der Waals surface area contributed by atoms with E-state index in [9.17, 15) is 14.0 Å². The van der Waals surface area contributed by atoms with Crippen LogP contribution in [0.5, 0.6) is 0 Å². The second-order valence-corrected chi connectivity index (χ2v) is 6.61. The van der Waals surface area contributed by atoms with Gasteiger partial charge in [-0.25, -0.2) is 9.37 Å². The first kappa shape index (κ1) is 15.5. The number of hydrogen-bond donors (Lipinski definition) is 2. The van der Waals surface area contributed by atoms with Gasteiger partial charge in [0.25, 0.3) is 11.5 Å². The van der Waals surface area contributed by atoms with Gasteiger partial charge in [0.2, 0.25) is 0 Å². The van der Waals surface area contributed by atoms with Crippen molar-refractivity contribution in [2.75, 3.05) is 7.05 Å². The summed E-state index contributed by atoms with van der Waals surface area (Å²) < 4.78 is 14.3. The van der Waals surface area contributed by atoms with Gasteiger partial charge in [-0.05, 0) is 29.6 Å². The number of fused-ring (bicyclic) bond motifs is 2. The van der Waals surface area contributed by atoms with Crippen LogP contribution in [-0.2, 0) is 6.54 Å². The minimum atomic E-state index is -0.385. The van der Waals surface area contributed by atoms with Gasteiger partial charge < -0.3 is 14.9 Å². The Hall–Kier alpha value is -3.00. The Morgan fingerprint density at radius 3 is 2.96 bits per heavy atom. The summed E-state index contributed by atoms with van der Waals surface area (Å²) >= 11 is 1.32. The van der Waals surface area contributed by atoms with Crippen LogP contribution >= 0.6 is 11.3 Å². The zero-order chi connectivity index (χ0) is 17.6. The Morgan fingerprint density at radius 2 is 2.16 bits per heavy atom. The Kier molecular flexibility index (Phi) is 3.61. The monoisotopic (exact) mass is 356 g/mol. The first-order valence-electron chi connectivity index (χ1n) is 7.52. The number of amides is 1. The molecule has 0 atom stereocenters. The van der Waals surface area contributed by atoms with Crippen LogP contribution in [0.1, 0.15) is 16.3 Å². The van der Waals surface area contributed by atoms with Crippen LogP contribution in [-0.4, -0.2) is 32.8 Å². The van der Waals surface area contributed by atoms with Crippen molar-refractivity contribution in [2.24, 2.45) is 0 Å². The molecular formula is C17H13FN4O2S. The molecule has 8 heteroatoms. The predicted molar refractivity (Wildman–Crippen MR) is 94.3 cm³/mol. The van der Waals surface area contributed by atoms with E-state index in [0.29, 0.717) is 26.9 Å². The maximum atomic E-state index is 13.8. The molecule has 1 aromatic carbocycles. The fourth-order valence-corrected chi connectivity index (χ4v) is 3.46. The third-order valence-electron chi connectivity index (χ3n) is 3.94. The Labute approximate surface area is 144 Å². The molecule has 0 radical (unpaired) electrons. The number of thiophene rings is 1. The van der Waals surface area contributed by atoms with Gasteiger partial charge in [-0.2, -0.15) is 0 Å². The number of aromatic nitrogens is 3. The van der Waals surface area contributed by atoms with Crippen LogP contribution in [0.3, 0.4) is 0 Å². The van der Waals surface area contributed by atoms with Gasteiger partial charge in [-0.3, -0.25) is 9.59 Å². The molecule has 0 saturated heterocycles. The Bertz CT molecular complexity index is 1160. The molecule has 3 aromatic heterocycles. The highest BCUT2D eigenvalue weighted by atomic mass is 32.1. The maximum absolute atomic E-state index is 13.8. The molecule has 4 rings (SSSR count). The summed E-state index contributed by atoms with van der Waals surface area (Å²) in [5.41, 5.74) is 1.23. The largest absolute Gasteiger partial charge is 0.350 e. The average Bonchev–Trinajstić information content (AvgIpc) is 3.21. The molecule has 6 nitrogen and oxygen atoms in total. The van der Waals surface area contributed by atoms with Crippen LogP contribution in [0.15, 0.2) is 40.5 Å². The number of carbonyl (C=O) groups excluding carboxylic acids is 1. The number of nitrogens with zero attached hydrogens (tertiary/aromatic N) is 2. The van der Waals surface area contributed by atoms with Crippen LogP contribution in [0.25, 0.3) is 21.1 Å². The Balaban J connectivity index is 1.62. The van der Waals surface area contributed by atoms with E-state index in [0.717, 1.165) is 0 Å². The molecule has 0 aliphatic carbocycles. The fraction of sp³-hybridized carbons (Fsp3) is 0.118. The lowest BCUT2D eigenvalue weighted by Gasteiger charge is -2.15. The second-order valence-electron chi connectivity index (χ2n) is 5.69. The molecular weight excluding hydrogens is 343 g/mol. The first-order chi connectivity index (χ1) is 12.0. The molecule has 2 N–H and O–H groups in total. The van der Waals surface area contributed by atoms with Crippen molar-refractivity contribution in [2.45, 2.75) is 6.54 Å². The molecule has 0 bridgehead atoms. The number of hydrogen-bond acceptors (Lipinski definition) is 4. The molecule has 4 aromatic rings. The van der Waals surface area contributed by atoms with E-state index in [1.807, 2.05) is 0 Å². The lowest BCUT2D eigenvalue weighted by molar-refractivity contribution is 0.0776. The number of H-pyrrole nitrogens is 2. The third kappa shape index (κ3) is 2.70. The molecule has 1 amide bonds. The van der Waals surface area contributed by atoms with Crippen molar-refractivity contribution in [1.29, 1.82) is 0 Å². The van der Waals surface area contributed by atoms with Gasteiger partial charge >= 0.3 is 0 Å². The molecule has 25 heavy (non-hydrogen) atoms. The standard InChI is InChI=1S/C17H13FN4O2S/c1-22(8-14-20-12-5-6-25-15(12)16(23)21-14)17(24)13-7-9-10(18)3-2-4-11(9)19-13/h2-7,19H,8H2,1H3,(H,20,21,23). The van der Waals surface area contributed by atoms with Gasteiger partial charge in [0.1, 0.15) is 22.0 Å². The van der Waals surface area contributed by atoms with Gasteiger partial charge in [-0.1, -0.05) is 6.07 Å². The maximum Gasteiger partial charge on any atom is 0.270 e. The van der Waals surface area contributed by atoms with Gasteiger partial charge in [0, 0.05) is 18.0 Å². The van der Waals surface area contributed by atoms with Crippen molar-refractivity contribution in [1.82, 2.24) is 19.9 Å². The number of benzene rings is 1. The molecule has 0 fully saturated rings. The molecule has 0 unspecified atom stereocenters. The predicted octanol–water partition coefficient (Wildman–Crippen LogP) is 2.88. The lowest BCUT2D eigenvalue weighted by Crippen LogP contribution is -2.28. The van der Waals surface area contributed by atoms with Gasteiger partial charge in [0.05, 0.1) is 12.1 Å². The summed E-state index contributed by atoms with van der Waals surface area (Å²) in [6.45, 7) is 0.137. The lowest BCUT2D eigenvalue weighted by atomic mass is 10.2. The van der Waals surface area contributed by atoms with Gasteiger partial charge in [0.15, 0.2) is 0 Å². The van der Waals surface area contributed by atoms with Crippen molar-refractivity contribution in [3.8, 4) is 0 Å².